The Morgan fingerprint density at radius 3 is 1.67 bits per heavy atom. The summed E-state index contributed by atoms with van der Waals surface area (Å²) >= 11 is 0. The summed E-state index contributed by atoms with van der Waals surface area (Å²) in [5.74, 6) is 0. The van der Waals surface area contributed by atoms with Gasteiger partial charge in [-0.05, 0) is 0 Å². The zero-order chi connectivity index (χ0) is 3.58. The molecule has 0 unspecified atom stereocenters. The van der Waals surface area contributed by atoms with Crippen molar-refractivity contribution < 1.29 is 52.6 Å². The van der Waals surface area contributed by atoms with E-state index in [1.165, 1.54) is 0 Å². The molecule has 1 radical (unpaired) electrons. The molecule has 0 aromatic heterocycles. The van der Waals surface area contributed by atoms with Gasteiger partial charge in [0.2, 0.25) is 0 Å². The molecule has 0 spiro atoms. The Morgan fingerprint density at radius 2 is 1.67 bits per heavy atom. The molecule has 0 bridgehead atoms. The van der Waals surface area contributed by atoms with Crippen LogP contribution in [0.1, 0.15) is 0 Å². The third-order valence-corrected chi connectivity index (χ3v) is 0. The molecule has 0 rings (SSSR count). The Labute approximate surface area is 62.6 Å². The second-order valence-corrected chi connectivity index (χ2v) is 0.238. The van der Waals surface area contributed by atoms with Crippen molar-refractivity contribution in [2.45, 2.75) is 0 Å². The zero-order valence-corrected chi connectivity index (χ0v) is 4.27. The van der Waals surface area contributed by atoms with E-state index in [0.29, 0.717) is 0 Å². The molecule has 5 nitrogen and oxygen atoms in total. The first kappa shape index (κ1) is 16.2. The minimum Gasteiger partial charge on any atom is -0.412 e. The van der Waals surface area contributed by atoms with Crippen molar-refractivity contribution in [2.24, 2.45) is 0 Å². The van der Waals surface area contributed by atoms with Gasteiger partial charge in [-0.25, -0.2) is 0 Å². The number of rotatable bonds is 0. The second kappa shape index (κ2) is 9.04. The van der Waals surface area contributed by atoms with Crippen LogP contribution in [0, 0.1) is 47.0 Å². The average Bonchev–Trinajstić information content (AvgIpc) is 0.811. The maximum atomic E-state index is 8.36. The van der Waals surface area contributed by atoms with E-state index >= 15 is 0 Å². The molecule has 3 N–H and O–H groups in total. The number of nitrogens with zero attached hydrogens (tertiary/aromatic N) is 1. The molecule has 6 heteroatoms. The third kappa shape index (κ3) is 326. The van der Waals surface area contributed by atoms with Crippen molar-refractivity contribution in [2.75, 3.05) is 0 Å². The standard InChI is InChI=1S/HNO3.H2O.Tm/c2-1(3)4;;/h(H,2,3,4);1H2;. The van der Waals surface area contributed by atoms with Crippen molar-refractivity contribution in [1.82, 2.24) is 0 Å². The van der Waals surface area contributed by atoms with Crippen LogP contribution in [-0.4, -0.2) is 15.8 Å². The van der Waals surface area contributed by atoms with Crippen LogP contribution in [0.3, 0.4) is 0 Å². The molecule has 0 saturated heterocycles. The van der Waals surface area contributed by atoms with E-state index < -0.39 is 5.09 Å². The maximum absolute atomic E-state index is 8.36. The Hall–Kier alpha value is 0.394. The first-order valence-corrected chi connectivity index (χ1v) is 0.565. The molecule has 45 valence electrons. The number of hydrogen-bond acceptors (Lipinski definition) is 2. The molecule has 0 aromatic carbocycles. The molecule has 0 saturated carbocycles. The summed E-state index contributed by atoms with van der Waals surface area (Å²) < 4.78 is 0. The maximum Gasteiger partial charge on any atom is 0.291 e. The van der Waals surface area contributed by atoms with Crippen LogP contribution in [0.4, 0.5) is 0 Å². The van der Waals surface area contributed by atoms with Gasteiger partial charge in [0.05, 0.1) is 0 Å². The van der Waals surface area contributed by atoms with Gasteiger partial charge in [0, 0.05) is 36.9 Å². The van der Waals surface area contributed by atoms with Gasteiger partial charge >= 0.3 is 0 Å². The summed E-state index contributed by atoms with van der Waals surface area (Å²) in [6, 6.07) is 0. The van der Waals surface area contributed by atoms with Crippen molar-refractivity contribution in [3.8, 4) is 0 Å². The summed E-state index contributed by atoms with van der Waals surface area (Å²) in [6.45, 7) is 0. The molecular weight excluding hydrogens is 247 g/mol. The van der Waals surface area contributed by atoms with Gasteiger partial charge in [0.25, 0.3) is 5.09 Å². The first-order chi connectivity index (χ1) is 1.73. The molecule has 0 aromatic rings. The molecule has 0 fully saturated rings. The molecule has 0 atom stereocenters. The van der Waals surface area contributed by atoms with E-state index in [1.54, 1.807) is 0 Å². The summed E-state index contributed by atoms with van der Waals surface area (Å²) in [7, 11) is 0. The van der Waals surface area contributed by atoms with Gasteiger partial charge in [-0.15, -0.1) is 10.1 Å². The van der Waals surface area contributed by atoms with Gasteiger partial charge in [0.1, 0.15) is 0 Å². The van der Waals surface area contributed by atoms with Crippen LogP contribution in [0.2, 0.25) is 0 Å². The zero-order valence-electron chi connectivity index (χ0n) is 2.49. The van der Waals surface area contributed by atoms with Crippen molar-refractivity contribution in [1.29, 1.82) is 0 Å². The van der Waals surface area contributed by atoms with Crippen molar-refractivity contribution in [3.63, 3.8) is 0 Å². The Balaban J connectivity index is -0.0000000450. The SMILES string of the molecule is O.O=[N+]([O-])O.[Tm]. The molecule has 0 aliphatic rings. The van der Waals surface area contributed by atoms with Crippen molar-refractivity contribution in [3.05, 3.63) is 10.1 Å². The fourth-order valence-electron chi connectivity index (χ4n) is 0. The summed E-state index contributed by atoms with van der Waals surface area (Å²) in [6.07, 6.45) is 0. The quantitative estimate of drug-likeness (QED) is 0.433. The fraction of sp³-hybridized carbons (Fsp3) is 0. The van der Waals surface area contributed by atoms with E-state index in [9.17, 15) is 0 Å². The Bertz CT molecular complexity index is 30.5. The largest absolute Gasteiger partial charge is 0.412 e. The molecule has 0 aliphatic carbocycles. The predicted molar refractivity (Wildman–Crippen MR) is 12.4 cm³/mol. The van der Waals surface area contributed by atoms with E-state index in [2.05, 4.69) is 0 Å². The smallest absolute Gasteiger partial charge is 0.291 e. The van der Waals surface area contributed by atoms with E-state index in [-0.39, 0.29) is 42.4 Å². The Kier molecular flexibility index (Phi) is 24.3. The van der Waals surface area contributed by atoms with Gasteiger partial charge in [-0.2, -0.15) is 0 Å². The van der Waals surface area contributed by atoms with Crippen LogP contribution < -0.4 is 0 Å². The monoisotopic (exact) mass is 250 g/mol. The minimum atomic E-state index is -1.50. The van der Waals surface area contributed by atoms with Crippen LogP contribution >= 0.6 is 0 Å². The Morgan fingerprint density at radius 1 is 1.67 bits per heavy atom. The predicted octanol–water partition coefficient (Wildman–Crippen LogP) is -1.17. The van der Waals surface area contributed by atoms with E-state index in [1.807, 2.05) is 0 Å². The van der Waals surface area contributed by atoms with Gasteiger partial charge in [0.15, 0.2) is 0 Å². The average molecular weight is 250 g/mol. The van der Waals surface area contributed by atoms with Crippen LogP contribution in [-0.2, 0) is 0 Å². The molecule has 0 aliphatic heterocycles. The van der Waals surface area contributed by atoms with Crippen LogP contribution in [0.25, 0.3) is 0 Å². The molecule has 0 heterocycles. The molecule has 6 heavy (non-hydrogen) atoms. The van der Waals surface area contributed by atoms with Crippen LogP contribution in [0.15, 0.2) is 0 Å². The fourth-order valence-corrected chi connectivity index (χ4v) is 0. The van der Waals surface area contributed by atoms with E-state index in [0.717, 1.165) is 0 Å². The number of hydrogen-bond donors (Lipinski definition) is 1. The normalized spacial score (nSPS) is 4.00. The van der Waals surface area contributed by atoms with Gasteiger partial charge in [-0.1, -0.05) is 0 Å². The summed E-state index contributed by atoms with van der Waals surface area (Å²) in [5, 5.41) is 13.6. The van der Waals surface area contributed by atoms with E-state index in [4.69, 9.17) is 15.3 Å². The van der Waals surface area contributed by atoms with Gasteiger partial charge in [-0.3, -0.25) is 0 Å². The second-order valence-electron chi connectivity index (χ2n) is 0.238. The summed E-state index contributed by atoms with van der Waals surface area (Å²) in [5.41, 5.74) is 0. The molecular formula is H3NO4Tm. The first-order valence-electron chi connectivity index (χ1n) is 0.565. The van der Waals surface area contributed by atoms with Crippen molar-refractivity contribution >= 4 is 0 Å². The minimum absolute atomic E-state index is 0. The van der Waals surface area contributed by atoms with Crippen LogP contribution in [0.5, 0.6) is 0 Å². The summed E-state index contributed by atoms with van der Waals surface area (Å²) in [4.78, 5) is 8.36. The van der Waals surface area contributed by atoms with Gasteiger partial charge < -0.3 is 10.7 Å². The third-order valence-electron chi connectivity index (χ3n) is 0. The molecule has 0 amide bonds. The topological polar surface area (TPSA) is 94.9 Å².